The van der Waals surface area contributed by atoms with Crippen LogP contribution in [0.15, 0.2) is 12.3 Å². The molecule has 3 rings (SSSR count). The zero-order valence-electron chi connectivity index (χ0n) is 13.0. The summed E-state index contributed by atoms with van der Waals surface area (Å²) in [5, 5.41) is 4.18. The molecule has 2 N–H and O–H groups in total. The molecule has 0 atom stereocenters. The molecule has 0 spiro atoms. The van der Waals surface area contributed by atoms with E-state index in [9.17, 15) is 4.79 Å². The minimum Gasteiger partial charge on any atom is -0.466 e. The lowest BCUT2D eigenvalue weighted by Gasteiger charge is -2.32. The highest BCUT2D eigenvalue weighted by Gasteiger charge is 2.26. The third kappa shape index (κ3) is 2.70. The summed E-state index contributed by atoms with van der Waals surface area (Å²) in [6.45, 7) is 5.95. The van der Waals surface area contributed by atoms with Gasteiger partial charge < -0.3 is 15.4 Å². The van der Waals surface area contributed by atoms with Gasteiger partial charge in [0, 0.05) is 13.1 Å². The molecule has 0 amide bonds. The number of ether oxygens (including phenoxy) is 1. The van der Waals surface area contributed by atoms with Crippen molar-refractivity contribution >= 4 is 23.3 Å². The van der Waals surface area contributed by atoms with Crippen molar-refractivity contribution in [1.82, 2.24) is 14.6 Å². The number of pyridine rings is 1. The summed E-state index contributed by atoms with van der Waals surface area (Å²) in [6.07, 6.45) is 3.57. The van der Waals surface area contributed by atoms with Crippen LogP contribution in [-0.4, -0.2) is 40.3 Å². The zero-order valence-corrected chi connectivity index (χ0v) is 13.0. The number of carbonyl (C=O) groups excluding carboxylic acids is 1. The van der Waals surface area contributed by atoms with Crippen molar-refractivity contribution in [2.75, 3.05) is 30.3 Å². The number of nitrogen functional groups attached to an aromatic ring is 1. The van der Waals surface area contributed by atoms with Gasteiger partial charge in [0.25, 0.3) is 0 Å². The number of fused-ring (bicyclic) bond motifs is 1. The van der Waals surface area contributed by atoms with Gasteiger partial charge in [-0.15, -0.1) is 5.10 Å². The highest BCUT2D eigenvalue weighted by atomic mass is 16.5. The van der Waals surface area contributed by atoms with Crippen LogP contribution in [0.2, 0.25) is 0 Å². The summed E-state index contributed by atoms with van der Waals surface area (Å²) in [7, 11) is 0. The maximum atomic E-state index is 11.8. The van der Waals surface area contributed by atoms with Crippen molar-refractivity contribution in [3.05, 3.63) is 17.8 Å². The number of carbonyl (C=O) groups is 1. The second-order valence-corrected chi connectivity index (χ2v) is 5.63. The number of esters is 1. The van der Waals surface area contributed by atoms with Gasteiger partial charge in [0.15, 0.2) is 5.65 Å². The fourth-order valence-corrected chi connectivity index (χ4v) is 2.95. The quantitative estimate of drug-likeness (QED) is 0.863. The fourth-order valence-electron chi connectivity index (χ4n) is 2.95. The lowest BCUT2D eigenvalue weighted by molar-refractivity contribution is -0.148. The SMILES string of the molecule is CCOC(=O)C1CCN(c2cc(C)c3nc(N)nn3c2)CC1. The maximum Gasteiger partial charge on any atom is 0.309 e. The molecule has 7 nitrogen and oxygen atoms in total. The summed E-state index contributed by atoms with van der Waals surface area (Å²) < 4.78 is 6.83. The van der Waals surface area contributed by atoms with Gasteiger partial charge in [0.2, 0.25) is 5.95 Å². The molecule has 1 fully saturated rings. The summed E-state index contributed by atoms with van der Waals surface area (Å²) in [5.41, 5.74) is 8.56. The van der Waals surface area contributed by atoms with Crippen molar-refractivity contribution in [3.63, 3.8) is 0 Å². The minimum absolute atomic E-state index is 0.0167. The molecular formula is C15H21N5O2. The lowest BCUT2D eigenvalue weighted by atomic mass is 9.96. The van der Waals surface area contributed by atoms with Crippen molar-refractivity contribution in [2.45, 2.75) is 26.7 Å². The standard InChI is InChI=1S/C15H21N5O2/c1-3-22-14(21)11-4-6-19(7-5-11)12-8-10(2)13-17-15(16)18-20(13)9-12/h8-9,11H,3-7H2,1-2H3,(H2,16,18). The Kier molecular flexibility index (Phi) is 3.87. The molecule has 7 heteroatoms. The van der Waals surface area contributed by atoms with Gasteiger partial charge >= 0.3 is 5.97 Å². The first-order valence-electron chi connectivity index (χ1n) is 7.62. The third-order valence-corrected chi connectivity index (χ3v) is 4.10. The Morgan fingerprint density at radius 2 is 2.18 bits per heavy atom. The molecule has 1 aliphatic heterocycles. The molecule has 3 heterocycles. The summed E-state index contributed by atoms with van der Waals surface area (Å²) in [6, 6.07) is 2.09. The first-order valence-corrected chi connectivity index (χ1v) is 7.62. The Balaban J connectivity index is 1.75. The molecular weight excluding hydrogens is 282 g/mol. The highest BCUT2D eigenvalue weighted by molar-refractivity contribution is 5.73. The fraction of sp³-hybridized carbons (Fsp3) is 0.533. The van der Waals surface area contributed by atoms with E-state index in [0.717, 1.165) is 42.8 Å². The zero-order chi connectivity index (χ0) is 15.7. The Labute approximate surface area is 129 Å². The van der Waals surface area contributed by atoms with Gasteiger partial charge in [-0.25, -0.2) is 4.52 Å². The predicted molar refractivity (Wildman–Crippen MR) is 83.7 cm³/mol. The van der Waals surface area contributed by atoms with Crippen LogP contribution in [0.25, 0.3) is 5.65 Å². The smallest absolute Gasteiger partial charge is 0.309 e. The van der Waals surface area contributed by atoms with E-state index >= 15 is 0 Å². The molecule has 1 saturated heterocycles. The first-order chi connectivity index (χ1) is 10.6. The van der Waals surface area contributed by atoms with E-state index in [-0.39, 0.29) is 17.8 Å². The van der Waals surface area contributed by atoms with E-state index in [1.165, 1.54) is 0 Å². The van der Waals surface area contributed by atoms with E-state index in [1.807, 2.05) is 20.0 Å². The van der Waals surface area contributed by atoms with Gasteiger partial charge in [0.05, 0.1) is 24.4 Å². The van der Waals surface area contributed by atoms with Crippen molar-refractivity contribution in [2.24, 2.45) is 5.92 Å². The minimum atomic E-state index is -0.0715. The largest absolute Gasteiger partial charge is 0.466 e. The van der Waals surface area contributed by atoms with Crippen LogP contribution in [0.5, 0.6) is 0 Å². The Morgan fingerprint density at radius 3 is 2.86 bits per heavy atom. The number of piperidine rings is 1. The average Bonchev–Trinajstić information content (AvgIpc) is 2.89. The lowest BCUT2D eigenvalue weighted by Crippen LogP contribution is -2.37. The summed E-state index contributed by atoms with van der Waals surface area (Å²) in [4.78, 5) is 18.3. The third-order valence-electron chi connectivity index (χ3n) is 4.10. The molecule has 0 radical (unpaired) electrons. The number of nitrogens with two attached hydrogens (primary N) is 1. The van der Waals surface area contributed by atoms with Crippen LogP contribution >= 0.6 is 0 Å². The van der Waals surface area contributed by atoms with Gasteiger partial charge in [0.1, 0.15) is 0 Å². The van der Waals surface area contributed by atoms with Gasteiger partial charge in [-0.05, 0) is 38.3 Å². The molecule has 22 heavy (non-hydrogen) atoms. The van der Waals surface area contributed by atoms with Crippen LogP contribution < -0.4 is 10.6 Å². The van der Waals surface area contributed by atoms with Crippen LogP contribution in [0, 0.1) is 12.8 Å². The molecule has 0 saturated carbocycles. The highest BCUT2D eigenvalue weighted by Crippen LogP contribution is 2.26. The number of nitrogens with zero attached hydrogens (tertiary/aromatic N) is 4. The van der Waals surface area contributed by atoms with E-state index in [1.54, 1.807) is 4.52 Å². The Hall–Kier alpha value is -2.31. The van der Waals surface area contributed by atoms with E-state index < -0.39 is 0 Å². The number of aryl methyl sites for hydroxylation is 1. The normalized spacial score (nSPS) is 16.2. The first kappa shape index (κ1) is 14.6. The van der Waals surface area contributed by atoms with Crippen LogP contribution in [0.3, 0.4) is 0 Å². The average molecular weight is 303 g/mol. The number of aromatic nitrogens is 3. The monoisotopic (exact) mass is 303 g/mol. The molecule has 2 aromatic heterocycles. The van der Waals surface area contributed by atoms with Crippen molar-refractivity contribution in [3.8, 4) is 0 Å². The molecule has 0 aromatic carbocycles. The maximum absolute atomic E-state index is 11.8. The number of hydrogen-bond acceptors (Lipinski definition) is 6. The van der Waals surface area contributed by atoms with Gasteiger partial charge in [-0.1, -0.05) is 0 Å². The molecule has 2 aromatic rings. The van der Waals surface area contributed by atoms with E-state index in [2.05, 4.69) is 21.0 Å². The van der Waals surface area contributed by atoms with Crippen LogP contribution in [0.4, 0.5) is 11.6 Å². The van der Waals surface area contributed by atoms with Crippen molar-refractivity contribution < 1.29 is 9.53 Å². The predicted octanol–water partition coefficient (Wildman–Crippen LogP) is 1.40. The summed E-state index contributed by atoms with van der Waals surface area (Å²) >= 11 is 0. The number of hydrogen-bond donors (Lipinski definition) is 1. The molecule has 0 bridgehead atoms. The topological polar surface area (TPSA) is 85.8 Å². The van der Waals surface area contributed by atoms with E-state index in [4.69, 9.17) is 10.5 Å². The van der Waals surface area contributed by atoms with Crippen molar-refractivity contribution in [1.29, 1.82) is 0 Å². The summed E-state index contributed by atoms with van der Waals surface area (Å²) in [5.74, 6) is 0.224. The van der Waals surface area contributed by atoms with Crippen LogP contribution in [-0.2, 0) is 9.53 Å². The molecule has 1 aliphatic rings. The Morgan fingerprint density at radius 1 is 1.45 bits per heavy atom. The number of anilines is 2. The number of rotatable bonds is 3. The second kappa shape index (κ2) is 5.82. The second-order valence-electron chi connectivity index (χ2n) is 5.63. The van der Waals surface area contributed by atoms with Crippen LogP contribution in [0.1, 0.15) is 25.3 Å². The molecule has 0 aliphatic carbocycles. The molecule has 0 unspecified atom stereocenters. The van der Waals surface area contributed by atoms with Gasteiger partial charge in [-0.2, -0.15) is 4.98 Å². The van der Waals surface area contributed by atoms with E-state index in [0.29, 0.717) is 6.61 Å². The Bertz CT molecular complexity index is 689. The molecule has 118 valence electrons. The van der Waals surface area contributed by atoms with Gasteiger partial charge in [-0.3, -0.25) is 4.79 Å².